The summed E-state index contributed by atoms with van der Waals surface area (Å²) >= 11 is 0. The minimum Gasteiger partial charge on any atom is -0.356 e. The first kappa shape index (κ1) is 18.8. The Morgan fingerprint density at radius 2 is 1.87 bits per heavy atom. The molecule has 2 aromatic rings. The van der Waals surface area contributed by atoms with Gasteiger partial charge >= 0.3 is 0 Å². The van der Waals surface area contributed by atoms with Crippen LogP contribution >= 0.6 is 0 Å². The van der Waals surface area contributed by atoms with Crippen LogP contribution in [-0.2, 0) is 25.4 Å². The summed E-state index contributed by atoms with van der Waals surface area (Å²) in [4.78, 5) is 20.4. The van der Waals surface area contributed by atoms with Gasteiger partial charge in [0.2, 0.25) is 0 Å². The summed E-state index contributed by atoms with van der Waals surface area (Å²) in [6, 6.07) is 0. The lowest BCUT2D eigenvalue weighted by atomic mass is 9.77. The van der Waals surface area contributed by atoms with E-state index in [0.717, 1.165) is 31.2 Å². The number of fused-ring (bicyclic) bond motifs is 2. The van der Waals surface area contributed by atoms with Crippen LogP contribution in [0.5, 0.6) is 0 Å². The van der Waals surface area contributed by atoms with Crippen LogP contribution in [0.1, 0.15) is 79.5 Å². The van der Waals surface area contributed by atoms with E-state index in [2.05, 4.69) is 34.5 Å². The van der Waals surface area contributed by atoms with Crippen molar-refractivity contribution in [2.75, 3.05) is 31.1 Å². The molecule has 2 aromatic heterocycles. The maximum absolute atomic E-state index is 5.30. The average Bonchev–Trinajstić information content (AvgIpc) is 3.20. The van der Waals surface area contributed by atoms with Crippen molar-refractivity contribution < 1.29 is 0 Å². The predicted octanol–water partition coefficient (Wildman–Crippen LogP) is 3.48. The molecular formula is C24H34N6. The zero-order valence-corrected chi connectivity index (χ0v) is 18.5. The number of likely N-dealkylation sites (tertiary alicyclic amines) is 1. The highest BCUT2D eigenvalue weighted by Crippen LogP contribution is 2.49. The van der Waals surface area contributed by atoms with Crippen LogP contribution in [0.2, 0.25) is 0 Å². The number of nitrogens with zero attached hydrogens (tertiary/aromatic N) is 6. The Labute approximate surface area is 179 Å². The SMILES string of the molecule is Cc1nc(CN2CCCC3(CCc4c(N5CCCC5)nc(C5CC5)nc43)C2)cn1C. The highest BCUT2D eigenvalue weighted by Gasteiger charge is 2.46. The summed E-state index contributed by atoms with van der Waals surface area (Å²) < 4.78 is 2.14. The van der Waals surface area contributed by atoms with E-state index in [4.69, 9.17) is 15.0 Å². The van der Waals surface area contributed by atoms with Gasteiger partial charge in [0.1, 0.15) is 17.5 Å². The van der Waals surface area contributed by atoms with Crippen LogP contribution < -0.4 is 4.90 Å². The van der Waals surface area contributed by atoms with Gasteiger partial charge in [-0.2, -0.15) is 0 Å². The van der Waals surface area contributed by atoms with Crippen LogP contribution in [0, 0.1) is 6.92 Å². The first-order chi connectivity index (χ1) is 14.6. The van der Waals surface area contributed by atoms with Crippen molar-refractivity contribution in [2.24, 2.45) is 7.05 Å². The standard InChI is InChI=1S/C24H34N6/c1-17-25-19(14-28(17)2)15-29-11-5-9-24(16-29)10-8-20-21(24)26-22(18-6-7-18)27-23(20)30-12-3-4-13-30/h14,18H,3-13,15-16H2,1-2H3. The molecule has 30 heavy (non-hydrogen) atoms. The van der Waals surface area contributed by atoms with Crippen molar-refractivity contribution in [1.29, 1.82) is 0 Å². The predicted molar refractivity (Wildman–Crippen MR) is 118 cm³/mol. The van der Waals surface area contributed by atoms with Crippen LogP contribution in [0.25, 0.3) is 0 Å². The van der Waals surface area contributed by atoms with Gasteiger partial charge < -0.3 is 9.47 Å². The van der Waals surface area contributed by atoms with Crippen molar-refractivity contribution >= 4 is 5.82 Å². The number of hydrogen-bond acceptors (Lipinski definition) is 5. The van der Waals surface area contributed by atoms with Crippen molar-refractivity contribution in [1.82, 2.24) is 24.4 Å². The van der Waals surface area contributed by atoms with E-state index < -0.39 is 0 Å². The zero-order chi connectivity index (χ0) is 20.3. The molecule has 0 amide bonds. The van der Waals surface area contributed by atoms with E-state index in [-0.39, 0.29) is 5.41 Å². The Bertz CT molecular complexity index is 935. The monoisotopic (exact) mass is 406 g/mol. The Balaban J connectivity index is 1.33. The maximum Gasteiger partial charge on any atom is 0.135 e. The van der Waals surface area contributed by atoms with E-state index in [0.29, 0.717) is 5.92 Å². The summed E-state index contributed by atoms with van der Waals surface area (Å²) in [6.07, 6.45) is 12.3. The van der Waals surface area contributed by atoms with Crippen LogP contribution in [0.15, 0.2) is 6.20 Å². The Morgan fingerprint density at radius 1 is 1.03 bits per heavy atom. The molecule has 4 heterocycles. The normalized spacial score (nSPS) is 26.7. The molecule has 2 aliphatic heterocycles. The number of aromatic nitrogens is 4. The third kappa shape index (κ3) is 3.15. The fraction of sp³-hybridized carbons (Fsp3) is 0.708. The number of piperidine rings is 1. The summed E-state index contributed by atoms with van der Waals surface area (Å²) in [6.45, 7) is 7.68. The number of anilines is 1. The molecule has 0 aromatic carbocycles. The summed E-state index contributed by atoms with van der Waals surface area (Å²) in [5, 5.41) is 0. The Morgan fingerprint density at radius 3 is 2.60 bits per heavy atom. The number of hydrogen-bond donors (Lipinski definition) is 0. The topological polar surface area (TPSA) is 50.1 Å². The highest BCUT2D eigenvalue weighted by molar-refractivity contribution is 5.55. The Kier molecular flexibility index (Phi) is 4.41. The van der Waals surface area contributed by atoms with Crippen LogP contribution in [-0.4, -0.2) is 50.6 Å². The summed E-state index contributed by atoms with van der Waals surface area (Å²) in [5.41, 5.74) is 4.32. The highest BCUT2D eigenvalue weighted by atomic mass is 15.2. The fourth-order valence-electron chi connectivity index (χ4n) is 6.05. The third-order valence-corrected chi connectivity index (χ3v) is 7.91. The second kappa shape index (κ2) is 7.04. The maximum atomic E-state index is 5.30. The third-order valence-electron chi connectivity index (χ3n) is 7.91. The molecule has 2 saturated heterocycles. The molecule has 6 rings (SSSR count). The molecule has 160 valence electrons. The largest absolute Gasteiger partial charge is 0.356 e. The molecule has 1 atom stereocenters. The first-order valence-electron chi connectivity index (χ1n) is 12.0. The zero-order valence-electron chi connectivity index (χ0n) is 18.5. The molecular weight excluding hydrogens is 372 g/mol. The molecule has 2 aliphatic carbocycles. The summed E-state index contributed by atoms with van der Waals surface area (Å²) in [7, 11) is 2.09. The minimum atomic E-state index is 0.221. The smallest absolute Gasteiger partial charge is 0.135 e. The van der Waals surface area contributed by atoms with Gasteiger partial charge in [0.25, 0.3) is 0 Å². The molecule has 4 aliphatic rings. The van der Waals surface area contributed by atoms with E-state index in [1.807, 2.05) is 0 Å². The van der Waals surface area contributed by atoms with Crippen molar-refractivity contribution in [3.05, 3.63) is 34.8 Å². The summed E-state index contributed by atoms with van der Waals surface area (Å²) in [5.74, 6) is 4.16. The molecule has 6 heteroatoms. The minimum absolute atomic E-state index is 0.221. The van der Waals surface area contributed by atoms with E-state index >= 15 is 0 Å². The van der Waals surface area contributed by atoms with Gasteiger partial charge in [0, 0.05) is 56.3 Å². The van der Waals surface area contributed by atoms with Crippen LogP contribution in [0.4, 0.5) is 5.82 Å². The van der Waals surface area contributed by atoms with E-state index in [1.165, 1.54) is 87.3 Å². The number of rotatable bonds is 4. The number of aryl methyl sites for hydroxylation is 2. The van der Waals surface area contributed by atoms with E-state index in [9.17, 15) is 0 Å². The van der Waals surface area contributed by atoms with E-state index in [1.54, 1.807) is 0 Å². The Hall–Kier alpha value is -1.95. The lowest BCUT2D eigenvalue weighted by Gasteiger charge is -2.40. The second-order valence-corrected chi connectivity index (χ2v) is 10.2. The molecule has 0 bridgehead atoms. The van der Waals surface area contributed by atoms with Gasteiger partial charge in [0.05, 0.1) is 11.4 Å². The van der Waals surface area contributed by atoms with Gasteiger partial charge in [-0.25, -0.2) is 15.0 Å². The van der Waals surface area contributed by atoms with Crippen molar-refractivity contribution in [3.8, 4) is 0 Å². The first-order valence-corrected chi connectivity index (χ1v) is 12.0. The van der Waals surface area contributed by atoms with Gasteiger partial charge in [-0.05, 0) is 64.8 Å². The lowest BCUT2D eigenvalue weighted by Crippen LogP contribution is -2.45. The fourth-order valence-corrected chi connectivity index (χ4v) is 6.05. The average molecular weight is 407 g/mol. The van der Waals surface area contributed by atoms with Gasteiger partial charge in [-0.1, -0.05) is 0 Å². The number of imidazole rings is 1. The molecule has 0 radical (unpaired) electrons. The van der Waals surface area contributed by atoms with Crippen LogP contribution in [0.3, 0.4) is 0 Å². The van der Waals surface area contributed by atoms with Crippen molar-refractivity contribution in [2.45, 2.75) is 76.2 Å². The molecule has 1 saturated carbocycles. The molecule has 1 unspecified atom stereocenters. The molecule has 3 fully saturated rings. The molecule has 1 spiro atoms. The lowest BCUT2D eigenvalue weighted by molar-refractivity contribution is 0.135. The van der Waals surface area contributed by atoms with Crippen molar-refractivity contribution in [3.63, 3.8) is 0 Å². The van der Waals surface area contributed by atoms with Gasteiger partial charge in [-0.3, -0.25) is 4.90 Å². The quantitative estimate of drug-likeness (QED) is 0.778. The van der Waals surface area contributed by atoms with Gasteiger partial charge in [-0.15, -0.1) is 0 Å². The molecule has 0 N–H and O–H groups in total. The van der Waals surface area contributed by atoms with Gasteiger partial charge in [0.15, 0.2) is 0 Å². The second-order valence-electron chi connectivity index (χ2n) is 10.2. The molecule has 6 nitrogen and oxygen atoms in total.